The quantitative estimate of drug-likeness (QED) is 0.382. The number of nitrogens with zero attached hydrogens (tertiary/aromatic N) is 4. The van der Waals surface area contributed by atoms with Crippen molar-refractivity contribution in [1.82, 2.24) is 19.9 Å². The molecule has 3 aromatic rings. The summed E-state index contributed by atoms with van der Waals surface area (Å²) in [4.78, 5) is 26.7. The van der Waals surface area contributed by atoms with Crippen molar-refractivity contribution >= 4 is 21.7 Å². The van der Waals surface area contributed by atoms with Crippen LogP contribution in [-0.2, 0) is 30.7 Å². The number of hydrogen-bond acceptors (Lipinski definition) is 7. The fraction of sp³-hybridized carbons (Fsp3) is 0.304. The van der Waals surface area contributed by atoms with E-state index in [1.54, 1.807) is 0 Å². The normalized spacial score (nSPS) is 23.2. The molecule has 0 spiro atoms. The maximum atomic E-state index is 13.2. The Morgan fingerprint density at radius 1 is 1.06 bits per heavy atom. The minimum Gasteiger partial charge on any atom is -0.463 e. The Morgan fingerprint density at radius 3 is 2.24 bits per heavy atom. The van der Waals surface area contributed by atoms with Crippen LogP contribution in [0.5, 0.6) is 0 Å². The SMILES string of the molecule is O=C(OCC(c1ccccc1)c1ccccc1)[C@H]1[C@H](Cn2ccnn2)S(=O)(=O)C2CC(=O)N21. The molecule has 0 bridgehead atoms. The Kier molecular flexibility index (Phi) is 5.45. The standard InChI is InChI=1S/C23H22N4O5S/c28-20-13-21-27(20)22(19(33(21,30)31)14-26-12-11-24-25-26)23(29)32-15-18(16-7-3-1-4-8-16)17-9-5-2-6-10-17/h1-12,18-19,21-22H,13-15H2/t19-,21?,22+/m0/s1. The number of benzene rings is 2. The Labute approximate surface area is 190 Å². The van der Waals surface area contributed by atoms with E-state index in [0.717, 1.165) is 16.0 Å². The van der Waals surface area contributed by atoms with Gasteiger partial charge in [0.15, 0.2) is 9.84 Å². The maximum absolute atomic E-state index is 13.2. The minimum atomic E-state index is -3.76. The third-order valence-electron chi connectivity index (χ3n) is 6.28. The first kappa shape index (κ1) is 21.3. The van der Waals surface area contributed by atoms with Gasteiger partial charge >= 0.3 is 5.97 Å². The van der Waals surface area contributed by atoms with E-state index >= 15 is 0 Å². The summed E-state index contributed by atoms with van der Waals surface area (Å²) in [6.45, 7) is -0.0602. The highest BCUT2D eigenvalue weighted by Gasteiger charge is 2.64. The second-order valence-corrected chi connectivity index (χ2v) is 10.5. The summed E-state index contributed by atoms with van der Waals surface area (Å²) < 4.78 is 33.2. The van der Waals surface area contributed by atoms with Crippen LogP contribution in [0, 0.1) is 0 Å². The van der Waals surface area contributed by atoms with Crippen LogP contribution in [-0.4, -0.2) is 63.5 Å². The van der Waals surface area contributed by atoms with Gasteiger partial charge in [0.2, 0.25) is 5.91 Å². The van der Waals surface area contributed by atoms with E-state index in [0.29, 0.717) is 0 Å². The number of esters is 1. The number of fused-ring (bicyclic) bond motifs is 1. The van der Waals surface area contributed by atoms with Gasteiger partial charge in [-0.1, -0.05) is 65.9 Å². The first-order chi connectivity index (χ1) is 16.0. The summed E-state index contributed by atoms with van der Waals surface area (Å²) in [5.74, 6) is -1.32. The fourth-order valence-corrected chi connectivity index (χ4v) is 6.87. The zero-order valence-electron chi connectivity index (χ0n) is 17.6. The number of ether oxygens (including phenoxy) is 1. The molecule has 1 amide bonds. The smallest absolute Gasteiger partial charge is 0.330 e. The van der Waals surface area contributed by atoms with Gasteiger partial charge in [-0.25, -0.2) is 13.2 Å². The second-order valence-electron chi connectivity index (χ2n) is 8.16. The van der Waals surface area contributed by atoms with E-state index in [9.17, 15) is 18.0 Å². The number of β-lactam (4-membered cyclic amide) rings is 1. The van der Waals surface area contributed by atoms with Gasteiger partial charge in [-0.05, 0) is 11.1 Å². The number of sulfone groups is 1. The summed E-state index contributed by atoms with van der Waals surface area (Å²) in [6.07, 6.45) is 2.84. The van der Waals surface area contributed by atoms with Crippen LogP contribution in [0.15, 0.2) is 73.1 Å². The number of amides is 1. The van der Waals surface area contributed by atoms with Crippen molar-refractivity contribution in [2.75, 3.05) is 6.61 Å². The lowest BCUT2D eigenvalue weighted by atomic mass is 9.92. The average Bonchev–Trinajstić information content (AvgIpc) is 3.39. The summed E-state index contributed by atoms with van der Waals surface area (Å²) in [5, 5.41) is 5.39. The molecule has 0 N–H and O–H groups in total. The van der Waals surface area contributed by atoms with Crippen molar-refractivity contribution in [2.24, 2.45) is 0 Å². The molecule has 5 rings (SSSR count). The third-order valence-corrected chi connectivity index (χ3v) is 8.68. The van der Waals surface area contributed by atoms with Gasteiger partial charge in [0.05, 0.1) is 19.2 Å². The molecule has 3 heterocycles. The molecule has 170 valence electrons. The zero-order valence-corrected chi connectivity index (χ0v) is 18.4. The molecule has 2 saturated heterocycles. The van der Waals surface area contributed by atoms with Gasteiger partial charge < -0.3 is 9.64 Å². The number of aromatic nitrogens is 3. The van der Waals surface area contributed by atoms with Gasteiger partial charge in [0, 0.05) is 12.1 Å². The predicted octanol–water partition coefficient (Wildman–Crippen LogP) is 1.38. The van der Waals surface area contributed by atoms with Crippen LogP contribution in [0.1, 0.15) is 23.5 Å². The Hall–Kier alpha value is -3.53. The van der Waals surface area contributed by atoms with Crippen LogP contribution in [0.2, 0.25) is 0 Å². The largest absolute Gasteiger partial charge is 0.463 e. The van der Waals surface area contributed by atoms with E-state index in [4.69, 9.17) is 4.74 Å². The lowest BCUT2D eigenvalue weighted by Gasteiger charge is -2.35. The summed E-state index contributed by atoms with van der Waals surface area (Å²) in [6, 6.07) is 18.1. The number of carbonyl (C=O) groups excluding carboxylic acids is 2. The zero-order chi connectivity index (χ0) is 23.0. The average molecular weight is 467 g/mol. The van der Waals surface area contributed by atoms with Gasteiger partial charge in [-0.3, -0.25) is 9.48 Å². The van der Waals surface area contributed by atoms with Crippen LogP contribution in [0.25, 0.3) is 0 Å². The summed E-state index contributed by atoms with van der Waals surface area (Å²) in [7, 11) is -3.76. The highest BCUT2D eigenvalue weighted by molar-refractivity contribution is 7.93. The monoisotopic (exact) mass is 466 g/mol. The number of carbonyl (C=O) groups is 2. The Bertz CT molecular complexity index is 1210. The highest BCUT2D eigenvalue weighted by atomic mass is 32.2. The molecule has 0 radical (unpaired) electrons. The Balaban J connectivity index is 1.40. The van der Waals surface area contributed by atoms with E-state index < -0.39 is 32.5 Å². The van der Waals surface area contributed by atoms with Crippen molar-refractivity contribution < 1.29 is 22.7 Å². The molecule has 9 nitrogen and oxygen atoms in total. The van der Waals surface area contributed by atoms with Crippen molar-refractivity contribution in [2.45, 2.75) is 35.5 Å². The molecule has 2 aliphatic heterocycles. The van der Waals surface area contributed by atoms with Crippen molar-refractivity contribution in [3.63, 3.8) is 0 Å². The number of hydrogen-bond donors (Lipinski definition) is 0. The molecule has 3 atom stereocenters. The van der Waals surface area contributed by atoms with Crippen molar-refractivity contribution in [1.29, 1.82) is 0 Å². The molecular weight excluding hydrogens is 444 g/mol. The summed E-state index contributed by atoms with van der Waals surface area (Å²) in [5.41, 5.74) is 1.93. The van der Waals surface area contributed by atoms with Crippen LogP contribution in [0.3, 0.4) is 0 Å². The lowest BCUT2D eigenvalue weighted by molar-refractivity contribution is -0.160. The van der Waals surface area contributed by atoms with Gasteiger partial charge in [0.25, 0.3) is 0 Å². The third kappa shape index (κ3) is 3.80. The van der Waals surface area contributed by atoms with Crippen LogP contribution < -0.4 is 0 Å². The molecule has 2 aromatic carbocycles. The molecule has 10 heteroatoms. The van der Waals surface area contributed by atoms with Gasteiger partial charge in [0.1, 0.15) is 23.3 Å². The fourth-order valence-electron chi connectivity index (χ4n) is 4.56. The second kappa shape index (κ2) is 8.43. The molecule has 0 aliphatic carbocycles. The maximum Gasteiger partial charge on any atom is 0.330 e. The van der Waals surface area contributed by atoms with E-state index in [-0.39, 0.29) is 31.4 Å². The van der Waals surface area contributed by atoms with Gasteiger partial charge in [-0.15, -0.1) is 5.10 Å². The Morgan fingerprint density at radius 2 is 1.70 bits per heavy atom. The van der Waals surface area contributed by atoms with Crippen molar-refractivity contribution in [3.8, 4) is 0 Å². The molecule has 0 saturated carbocycles. The molecule has 1 aromatic heterocycles. The highest BCUT2D eigenvalue weighted by Crippen LogP contribution is 2.40. The molecular formula is C23H22N4O5S. The van der Waals surface area contributed by atoms with Crippen LogP contribution in [0.4, 0.5) is 0 Å². The number of rotatable bonds is 7. The molecule has 2 aliphatic rings. The van der Waals surface area contributed by atoms with E-state index in [1.807, 2.05) is 60.7 Å². The first-order valence-electron chi connectivity index (χ1n) is 10.6. The van der Waals surface area contributed by atoms with E-state index in [2.05, 4.69) is 10.3 Å². The molecule has 1 unspecified atom stereocenters. The topological polar surface area (TPSA) is 111 Å². The van der Waals surface area contributed by atoms with E-state index in [1.165, 1.54) is 17.1 Å². The first-order valence-corrected chi connectivity index (χ1v) is 12.2. The lowest BCUT2D eigenvalue weighted by Crippen LogP contribution is -2.56. The predicted molar refractivity (Wildman–Crippen MR) is 117 cm³/mol. The molecule has 2 fully saturated rings. The van der Waals surface area contributed by atoms with Crippen LogP contribution >= 0.6 is 0 Å². The summed E-state index contributed by atoms with van der Waals surface area (Å²) >= 11 is 0. The minimum absolute atomic E-state index is 0.0200. The van der Waals surface area contributed by atoms with Gasteiger partial charge in [-0.2, -0.15) is 0 Å². The van der Waals surface area contributed by atoms with Crippen molar-refractivity contribution in [3.05, 3.63) is 84.2 Å². The molecule has 33 heavy (non-hydrogen) atoms.